The van der Waals surface area contributed by atoms with E-state index in [1.54, 1.807) is 0 Å². The fraction of sp³-hybridized carbons (Fsp3) is 0.250. The largest absolute Gasteiger partial charge is 0.364 e. The van der Waals surface area contributed by atoms with Crippen molar-refractivity contribution in [3.63, 3.8) is 0 Å². The Labute approximate surface area is 115 Å². The molecule has 0 aliphatic rings. The molecular formula is C12H11ClN4S. The predicted octanol–water partition coefficient (Wildman–Crippen LogP) is 3.11. The number of benzene rings is 1. The Hall–Kier alpha value is -1.64. The predicted molar refractivity (Wildman–Crippen MR) is 72.6 cm³/mol. The second-order valence-corrected chi connectivity index (χ2v) is 5.01. The minimum Gasteiger partial charge on any atom is -0.364 e. The molecule has 2 rings (SSSR count). The van der Waals surface area contributed by atoms with Gasteiger partial charge in [-0.25, -0.2) is 0 Å². The highest BCUT2D eigenvalue weighted by Crippen LogP contribution is 2.22. The topological polar surface area (TPSA) is 52.8 Å². The molecule has 1 heterocycles. The molecule has 0 N–H and O–H groups in total. The normalized spacial score (nSPS) is 10.0. The van der Waals surface area contributed by atoms with Crippen LogP contribution in [0.2, 0.25) is 4.34 Å². The highest BCUT2D eigenvalue weighted by atomic mass is 35.5. The van der Waals surface area contributed by atoms with Crippen LogP contribution < -0.4 is 4.90 Å². The molecule has 0 atom stereocenters. The Morgan fingerprint density at radius 2 is 2.11 bits per heavy atom. The first-order chi connectivity index (χ1) is 8.81. The Kier molecular flexibility index (Phi) is 4.51. The van der Waals surface area contributed by atoms with Gasteiger partial charge in [-0.2, -0.15) is 5.26 Å². The molecule has 1 aromatic carbocycles. The first-order valence-electron chi connectivity index (χ1n) is 5.45. The van der Waals surface area contributed by atoms with Gasteiger partial charge in [-0.3, -0.25) is 0 Å². The maximum atomic E-state index is 8.71. The standard InChI is InChI=1S/C12H11ClN4S/c13-12-11(15-16-18-12)9-17(8-4-7-14)10-5-2-1-3-6-10/h1-3,5-6H,4,8-9H2. The smallest absolute Gasteiger partial charge is 0.139 e. The first-order valence-corrected chi connectivity index (χ1v) is 6.60. The summed E-state index contributed by atoms with van der Waals surface area (Å²) in [4.78, 5) is 2.08. The summed E-state index contributed by atoms with van der Waals surface area (Å²) in [5, 5.41) is 12.7. The maximum Gasteiger partial charge on any atom is 0.139 e. The average Bonchev–Trinajstić information content (AvgIpc) is 2.81. The van der Waals surface area contributed by atoms with Crippen molar-refractivity contribution < 1.29 is 0 Å². The fourth-order valence-corrected chi connectivity index (χ4v) is 2.21. The third kappa shape index (κ3) is 3.19. The van der Waals surface area contributed by atoms with E-state index in [1.807, 2.05) is 30.3 Å². The lowest BCUT2D eigenvalue weighted by Gasteiger charge is -2.22. The molecule has 0 aliphatic carbocycles. The number of hydrogen-bond donors (Lipinski definition) is 0. The van der Waals surface area contributed by atoms with Crippen molar-refractivity contribution in [1.29, 1.82) is 5.26 Å². The number of nitriles is 1. The van der Waals surface area contributed by atoms with Crippen LogP contribution in [0.3, 0.4) is 0 Å². The number of rotatable bonds is 5. The molecule has 0 fully saturated rings. The third-order valence-corrected chi connectivity index (χ3v) is 3.45. The maximum absolute atomic E-state index is 8.71. The van der Waals surface area contributed by atoms with Gasteiger partial charge in [0.25, 0.3) is 0 Å². The summed E-state index contributed by atoms with van der Waals surface area (Å²) in [6.45, 7) is 1.22. The van der Waals surface area contributed by atoms with Crippen LogP contribution in [0.15, 0.2) is 30.3 Å². The number of para-hydroxylation sites is 1. The fourth-order valence-electron chi connectivity index (χ4n) is 1.60. The van der Waals surface area contributed by atoms with E-state index in [1.165, 1.54) is 11.5 Å². The molecule has 0 aliphatic heterocycles. The van der Waals surface area contributed by atoms with Crippen LogP contribution in [-0.4, -0.2) is 16.1 Å². The van der Waals surface area contributed by atoms with Gasteiger partial charge in [-0.05, 0) is 12.1 Å². The molecule has 4 nitrogen and oxygen atoms in total. The number of hydrogen-bond acceptors (Lipinski definition) is 5. The minimum absolute atomic E-state index is 0.462. The van der Waals surface area contributed by atoms with Gasteiger partial charge in [0.2, 0.25) is 0 Å². The van der Waals surface area contributed by atoms with Gasteiger partial charge in [0.05, 0.1) is 19.0 Å². The highest BCUT2D eigenvalue weighted by molar-refractivity contribution is 7.10. The second-order valence-electron chi connectivity index (χ2n) is 3.66. The Bertz CT molecular complexity index is 535. The lowest BCUT2D eigenvalue weighted by Crippen LogP contribution is -2.24. The van der Waals surface area contributed by atoms with E-state index in [9.17, 15) is 0 Å². The van der Waals surface area contributed by atoms with Crippen LogP contribution in [0.1, 0.15) is 12.1 Å². The van der Waals surface area contributed by atoms with Gasteiger partial charge in [-0.15, -0.1) is 5.10 Å². The summed E-state index contributed by atoms with van der Waals surface area (Å²) in [5.74, 6) is 0. The van der Waals surface area contributed by atoms with Crippen molar-refractivity contribution in [3.05, 3.63) is 40.4 Å². The van der Waals surface area contributed by atoms with E-state index in [0.717, 1.165) is 11.4 Å². The summed E-state index contributed by atoms with van der Waals surface area (Å²) in [7, 11) is 0. The van der Waals surface area contributed by atoms with Crippen LogP contribution in [0, 0.1) is 11.3 Å². The summed E-state index contributed by atoms with van der Waals surface area (Å²) in [6.07, 6.45) is 0.462. The zero-order valence-corrected chi connectivity index (χ0v) is 11.2. The highest BCUT2D eigenvalue weighted by Gasteiger charge is 2.12. The number of anilines is 1. The summed E-state index contributed by atoms with van der Waals surface area (Å²) in [6, 6.07) is 12.1. The molecule has 0 amide bonds. The first kappa shape index (κ1) is 12.8. The van der Waals surface area contributed by atoms with Crippen molar-refractivity contribution in [2.45, 2.75) is 13.0 Å². The minimum atomic E-state index is 0.462. The third-order valence-electron chi connectivity index (χ3n) is 2.46. The second kappa shape index (κ2) is 6.34. The van der Waals surface area contributed by atoms with Crippen LogP contribution in [0.25, 0.3) is 0 Å². The average molecular weight is 279 g/mol. The summed E-state index contributed by atoms with van der Waals surface area (Å²) >= 11 is 7.19. The van der Waals surface area contributed by atoms with Crippen molar-refractivity contribution >= 4 is 28.8 Å². The van der Waals surface area contributed by atoms with Gasteiger partial charge in [0.1, 0.15) is 10.0 Å². The van der Waals surface area contributed by atoms with Crippen molar-refractivity contribution in [2.75, 3.05) is 11.4 Å². The molecule has 1 aromatic heterocycles. The zero-order valence-electron chi connectivity index (χ0n) is 9.58. The van der Waals surface area contributed by atoms with Crippen molar-refractivity contribution in [1.82, 2.24) is 9.59 Å². The van der Waals surface area contributed by atoms with Crippen molar-refractivity contribution in [3.8, 4) is 6.07 Å². The van der Waals surface area contributed by atoms with Gasteiger partial charge >= 0.3 is 0 Å². The molecule has 0 bridgehead atoms. The number of aromatic nitrogens is 2. The Balaban J connectivity index is 2.16. The SMILES string of the molecule is N#CCCN(Cc1nnsc1Cl)c1ccccc1. The van der Waals surface area contributed by atoms with E-state index < -0.39 is 0 Å². The molecule has 0 unspecified atom stereocenters. The molecule has 0 spiro atoms. The monoisotopic (exact) mass is 278 g/mol. The molecule has 0 saturated carbocycles. The van der Waals surface area contributed by atoms with Crippen LogP contribution in [0.4, 0.5) is 5.69 Å². The van der Waals surface area contributed by atoms with Gasteiger partial charge in [-0.1, -0.05) is 34.3 Å². The molecule has 18 heavy (non-hydrogen) atoms. The molecule has 92 valence electrons. The summed E-state index contributed by atoms with van der Waals surface area (Å²) in [5.41, 5.74) is 1.81. The zero-order chi connectivity index (χ0) is 12.8. The summed E-state index contributed by atoms with van der Waals surface area (Å²) < 4.78 is 4.42. The van der Waals surface area contributed by atoms with E-state index >= 15 is 0 Å². The van der Waals surface area contributed by atoms with Crippen LogP contribution >= 0.6 is 23.1 Å². The lowest BCUT2D eigenvalue weighted by atomic mass is 10.2. The van der Waals surface area contributed by atoms with E-state index in [0.29, 0.717) is 23.8 Å². The van der Waals surface area contributed by atoms with Crippen LogP contribution in [-0.2, 0) is 6.54 Å². The van der Waals surface area contributed by atoms with Crippen LogP contribution in [0.5, 0.6) is 0 Å². The molecule has 6 heteroatoms. The lowest BCUT2D eigenvalue weighted by molar-refractivity contribution is 0.777. The quantitative estimate of drug-likeness (QED) is 0.843. The Morgan fingerprint density at radius 1 is 1.33 bits per heavy atom. The van der Waals surface area contributed by atoms with Gasteiger partial charge in [0, 0.05) is 23.8 Å². The van der Waals surface area contributed by atoms with E-state index in [-0.39, 0.29) is 0 Å². The molecule has 0 saturated heterocycles. The molecule has 0 radical (unpaired) electrons. The molecular weight excluding hydrogens is 268 g/mol. The Morgan fingerprint density at radius 3 is 2.72 bits per heavy atom. The number of nitrogens with zero attached hydrogens (tertiary/aromatic N) is 4. The number of halogens is 1. The van der Waals surface area contributed by atoms with Gasteiger partial charge in [0.15, 0.2) is 0 Å². The van der Waals surface area contributed by atoms with Crippen molar-refractivity contribution in [2.24, 2.45) is 0 Å². The molecule has 2 aromatic rings. The van der Waals surface area contributed by atoms with E-state index in [4.69, 9.17) is 16.9 Å². The van der Waals surface area contributed by atoms with Gasteiger partial charge < -0.3 is 4.90 Å². The van der Waals surface area contributed by atoms with E-state index in [2.05, 4.69) is 20.6 Å².